The maximum atomic E-state index is 12.9. The monoisotopic (exact) mass is 364 g/mol. The van der Waals surface area contributed by atoms with Crippen LogP contribution in [0.2, 0.25) is 0 Å². The Balaban J connectivity index is 2.13. The van der Waals surface area contributed by atoms with Gasteiger partial charge in [0.15, 0.2) is 0 Å². The molecule has 0 spiro atoms. The van der Waals surface area contributed by atoms with E-state index in [4.69, 9.17) is 4.74 Å². The largest absolute Gasteiger partial charge is 0.464 e. The molecule has 1 fully saturated rings. The molecule has 25 heavy (non-hydrogen) atoms. The zero-order valence-corrected chi connectivity index (χ0v) is 16.3. The number of thioether (sulfide) groups is 1. The van der Waals surface area contributed by atoms with Crippen molar-refractivity contribution in [1.82, 2.24) is 4.90 Å². The zero-order valence-electron chi connectivity index (χ0n) is 15.5. The minimum Gasteiger partial charge on any atom is -0.464 e. The minimum absolute atomic E-state index is 0.00961. The predicted molar refractivity (Wildman–Crippen MR) is 103 cm³/mol. The third kappa shape index (κ3) is 5.39. The molecular formula is C19H28N2O3S. The number of nitrogens with one attached hydrogen (secondary N) is 1. The van der Waals surface area contributed by atoms with Gasteiger partial charge in [-0.05, 0) is 37.8 Å². The molecule has 2 unspecified atom stereocenters. The van der Waals surface area contributed by atoms with Crippen molar-refractivity contribution in [2.24, 2.45) is 5.92 Å². The second-order valence-corrected chi connectivity index (χ2v) is 8.02. The average molecular weight is 365 g/mol. The summed E-state index contributed by atoms with van der Waals surface area (Å²) in [5.74, 6) is 0.721. The third-order valence-corrected chi connectivity index (χ3v) is 5.34. The molecular weight excluding hydrogens is 336 g/mol. The third-order valence-electron chi connectivity index (χ3n) is 4.02. The number of carbonyl (C=O) groups excluding carboxylic acids is 2. The minimum atomic E-state index is -0.522. The van der Waals surface area contributed by atoms with Gasteiger partial charge in [-0.25, -0.2) is 9.59 Å². The summed E-state index contributed by atoms with van der Waals surface area (Å²) in [5.41, 5.74) is 1.87. The molecule has 1 aliphatic rings. The maximum absolute atomic E-state index is 12.9. The summed E-state index contributed by atoms with van der Waals surface area (Å²) in [5, 5.41) is 2.91. The quantitative estimate of drug-likeness (QED) is 0.766. The van der Waals surface area contributed by atoms with Crippen LogP contribution in [0.4, 0.5) is 10.5 Å². The van der Waals surface area contributed by atoms with Gasteiger partial charge in [-0.15, -0.1) is 11.8 Å². The molecule has 2 amide bonds. The number of nitrogens with zero attached hydrogens (tertiary/aromatic N) is 1. The Labute approximate surface area is 154 Å². The smallest absolute Gasteiger partial charge is 0.329 e. The molecule has 2 atom stereocenters. The fourth-order valence-corrected chi connectivity index (χ4v) is 4.35. The van der Waals surface area contributed by atoms with Crippen molar-refractivity contribution < 1.29 is 14.3 Å². The lowest BCUT2D eigenvalue weighted by molar-refractivity contribution is -0.147. The van der Waals surface area contributed by atoms with Crippen molar-refractivity contribution in [1.29, 1.82) is 0 Å². The van der Waals surface area contributed by atoms with Crippen LogP contribution in [0.15, 0.2) is 24.3 Å². The van der Waals surface area contributed by atoms with E-state index in [2.05, 4.69) is 19.2 Å². The first-order chi connectivity index (χ1) is 11.9. The molecule has 1 N–H and O–H groups in total. The number of esters is 1. The lowest BCUT2D eigenvalue weighted by Crippen LogP contribution is -2.48. The van der Waals surface area contributed by atoms with Gasteiger partial charge >= 0.3 is 12.0 Å². The van der Waals surface area contributed by atoms with Crippen LogP contribution in [0.1, 0.15) is 39.2 Å². The molecule has 0 saturated carbocycles. The number of aryl methyl sites for hydroxylation is 1. The van der Waals surface area contributed by atoms with E-state index in [-0.39, 0.29) is 17.4 Å². The Kier molecular flexibility index (Phi) is 7.17. The first-order valence-electron chi connectivity index (χ1n) is 8.86. The van der Waals surface area contributed by atoms with E-state index in [0.717, 1.165) is 24.1 Å². The van der Waals surface area contributed by atoms with E-state index in [0.29, 0.717) is 18.3 Å². The van der Waals surface area contributed by atoms with Gasteiger partial charge in [0.25, 0.3) is 0 Å². The number of hydrogen-bond acceptors (Lipinski definition) is 4. The summed E-state index contributed by atoms with van der Waals surface area (Å²) < 4.78 is 5.30. The standard InChI is InChI=1S/C19H28N2O3S/c1-5-10-24-18(22)16-12-25-17(11-13(2)3)21(16)19(23)20-15-8-6-14(4)7-9-15/h6-9,13,16-17H,5,10-12H2,1-4H3,(H,20,23). The topological polar surface area (TPSA) is 58.6 Å². The number of ether oxygens (including phenoxy) is 1. The van der Waals surface area contributed by atoms with Crippen LogP contribution >= 0.6 is 11.8 Å². The lowest BCUT2D eigenvalue weighted by atomic mass is 10.1. The molecule has 1 heterocycles. The molecule has 2 rings (SSSR count). The number of carbonyl (C=O) groups is 2. The number of urea groups is 1. The summed E-state index contributed by atoms with van der Waals surface area (Å²) >= 11 is 1.65. The summed E-state index contributed by atoms with van der Waals surface area (Å²) in [6.45, 7) is 8.60. The van der Waals surface area contributed by atoms with Crippen molar-refractivity contribution in [2.75, 3.05) is 17.7 Å². The highest BCUT2D eigenvalue weighted by Crippen LogP contribution is 2.34. The van der Waals surface area contributed by atoms with Gasteiger partial charge in [0.2, 0.25) is 0 Å². The van der Waals surface area contributed by atoms with Crippen molar-refractivity contribution in [3.05, 3.63) is 29.8 Å². The number of hydrogen-bond donors (Lipinski definition) is 1. The second kappa shape index (κ2) is 9.13. The SMILES string of the molecule is CCCOC(=O)C1CSC(CC(C)C)N1C(=O)Nc1ccc(C)cc1. The van der Waals surface area contributed by atoms with Gasteiger partial charge in [0.1, 0.15) is 6.04 Å². The van der Waals surface area contributed by atoms with Gasteiger partial charge in [0.05, 0.1) is 12.0 Å². The van der Waals surface area contributed by atoms with Crippen LogP contribution in [0, 0.1) is 12.8 Å². The van der Waals surface area contributed by atoms with E-state index in [9.17, 15) is 9.59 Å². The van der Waals surface area contributed by atoms with E-state index >= 15 is 0 Å². The lowest BCUT2D eigenvalue weighted by Gasteiger charge is -2.29. The number of amides is 2. The fraction of sp³-hybridized carbons (Fsp3) is 0.579. The van der Waals surface area contributed by atoms with Crippen LogP contribution in [-0.4, -0.2) is 40.7 Å². The van der Waals surface area contributed by atoms with Gasteiger partial charge in [-0.2, -0.15) is 0 Å². The normalized spacial score (nSPS) is 20.0. The first kappa shape index (κ1) is 19.6. The van der Waals surface area contributed by atoms with Crippen LogP contribution in [0.25, 0.3) is 0 Å². The highest BCUT2D eigenvalue weighted by Gasteiger charge is 2.42. The Bertz CT molecular complexity index is 589. The Morgan fingerprint density at radius 2 is 2.00 bits per heavy atom. The molecule has 1 aromatic rings. The molecule has 1 aliphatic heterocycles. The molecule has 1 saturated heterocycles. The van der Waals surface area contributed by atoms with E-state index < -0.39 is 6.04 Å². The van der Waals surface area contributed by atoms with Crippen molar-refractivity contribution in [2.45, 2.75) is 52.0 Å². The first-order valence-corrected chi connectivity index (χ1v) is 9.91. The zero-order chi connectivity index (χ0) is 18.4. The van der Waals surface area contributed by atoms with Crippen LogP contribution in [0.5, 0.6) is 0 Å². The van der Waals surface area contributed by atoms with E-state index in [1.165, 1.54) is 0 Å². The van der Waals surface area contributed by atoms with E-state index in [1.54, 1.807) is 16.7 Å². The van der Waals surface area contributed by atoms with E-state index in [1.807, 2.05) is 38.1 Å². The highest BCUT2D eigenvalue weighted by atomic mass is 32.2. The Hall–Kier alpha value is -1.69. The second-order valence-electron chi connectivity index (χ2n) is 6.80. The molecule has 0 aromatic heterocycles. The Morgan fingerprint density at radius 3 is 2.60 bits per heavy atom. The van der Waals surface area contributed by atoms with Crippen LogP contribution in [0.3, 0.4) is 0 Å². The molecule has 0 aliphatic carbocycles. The molecule has 0 radical (unpaired) electrons. The van der Waals surface area contributed by atoms with Gasteiger partial charge in [-0.3, -0.25) is 4.90 Å². The van der Waals surface area contributed by atoms with Gasteiger partial charge in [-0.1, -0.05) is 38.5 Å². The Morgan fingerprint density at radius 1 is 1.32 bits per heavy atom. The number of benzene rings is 1. The van der Waals surface area contributed by atoms with Crippen molar-refractivity contribution in [3.8, 4) is 0 Å². The molecule has 1 aromatic carbocycles. The number of rotatable bonds is 6. The van der Waals surface area contributed by atoms with Crippen molar-refractivity contribution in [3.63, 3.8) is 0 Å². The molecule has 5 nitrogen and oxygen atoms in total. The summed E-state index contributed by atoms with van der Waals surface area (Å²) in [4.78, 5) is 26.9. The average Bonchev–Trinajstić information content (AvgIpc) is 2.97. The van der Waals surface area contributed by atoms with Crippen LogP contribution < -0.4 is 5.32 Å². The van der Waals surface area contributed by atoms with Crippen molar-refractivity contribution >= 4 is 29.4 Å². The maximum Gasteiger partial charge on any atom is 0.329 e. The molecule has 0 bridgehead atoms. The van der Waals surface area contributed by atoms with Gasteiger partial charge < -0.3 is 10.1 Å². The molecule has 6 heteroatoms. The summed E-state index contributed by atoms with van der Waals surface area (Å²) in [6, 6.07) is 6.89. The highest BCUT2D eigenvalue weighted by molar-refractivity contribution is 8.00. The van der Waals surface area contributed by atoms with Crippen LogP contribution in [-0.2, 0) is 9.53 Å². The predicted octanol–water partition coefficient (Wildman–Crippen LogP) is 4.27. The number of anilines is 1. The fourth-order valence-electron chi connectivity index (χ4n) is 2.73. The summed E-state index contributed by atoms with van der Waals surface area (Å²) in [7, 11) is 0. The molecule has 138 valence electrons. The summed E-state index contributed by atoms with van der Waals surface area (Å²) in [6.07, 6.45) is 1.63. The van der Waals surface area contributed by atoms with Gasteiger partial charge in [0, 0.05) is 11.4 Å².